The Hall–Kier alpha value is -1.85. The molecule has 1 amide bonds. The van der Waals surface area contributed by atoms with Gasteiger partial charge in [-0.1, -0.05) is 29.3 Å². The van der Waals surface area contributed by atoms with Crippen molar-refractivity contribution in [1.29, 1.82) is 0 Å². The minimum atomic E-state index is -0.0652. The predicted octanol–water partition coefficient (Wildman–Crippen LogP) is 4.15. The highest BCUT2D eigenvalue weighted by Gasteiger charge is 2.19. The summed E-state index contributed by atoms with van der Waals surface area (Å²) in [6, 6.07) is 8.67. The smallest absolute Gasteiger partial charge is 0.274 e. The molecule has 0 spiro atoms. The molecule has 0 atom stereocenters. The van der Waals surface area contributed by atoms with Crippen LogP contribution in [-0.4, -0.2) is 34.1 Å². The van der Waals surface area contributed by atoms with Crippen molar-refractivity contribution >= 4 is 40.6 Å². The summed E-state index contributed by atoms with van der Waals surface area (Å²) in [6.45, 7) is 1.58. The number of piperidine rings is 1. The van der Waals surface area contributed by atoms with Gasteiger partial charge in [-0.2, -0.15) is 0 Å². The standard InChI is InChI=1S/C16H16Cl2N4O/c17-11-5-4-6-12(15(11)18)19-14-8-7-13(20-21-14)16(23)22-9-2-1-3-10-22/h4-8H,1-3,9-10H2,(H,19,21). The van der Waals surface area contributed by atoms with Gasteiger partial charge in [0.1, 0.15) is 0 Å². The summed E-state index contributed by atoms with van der Waals surface area (Å²) in [6.07, 6.45) is 3.27. The second kappa shape index (κ2) is 7.15. The van der Waals surface area contributed by atoms with Crippen LogP contribution in [0.3, 0.4) is 0 Å². The van der Waals surface area contributed by atoms with E-state index in [1.165, 1.54) is 6.42 Å². The molecule has 0 aliphatic carbocycles. The number of anilines is 2. The molecule has 1 aliphatic rings. The number of carbonyl (C=O) groups is 1. The monoisotopic (exact) mass is 350 g/mol. The highest BCUT2D eigenvalue weighted by Crippen LogP contribution is 2.31. The van der Waals surface area contributed by atoms with Crippen LogP contribution >= 0.6 is 23.2 Å². The number of rotatable bonds is 3. The Morgan fingerprint density at radius 3 is 2.52 bits per heavy atom. The average molecular weight is 351 g/mol. The van der Waals surface area contributed by atoms with Gasteiger partial charge in [0.25, 0.3) is 5.91 Å². The van der Waals surface area contributed by atoms with E-state index in [1.807, 2.05) is 4.90 Å². The van der Waals surface area contributed by atoms with E-state index in [-0.39, 0.29) is 5.91 Å². The number of nitrogens with zero attached hydrogens (tertiary/aromatic N) is 3. The molecule has 7 heteroatoms. The van der Waals surface area contributed by atoms with Gasteiger partial charge in [0.15, 0.2) is 11.5 Å². The maximum atomic E-state index is 12.3. The minimum absolute atomic E-state index is 0.0652. The molecular weight excluding hydrogens is 335 g/mol. The third-order valence-corrected chi connectivity index (χ3v) is 4.56. The van der Waals surface area contributed by atoms with E-state index < -0.39 is 0 Å². The van der Waals surface area contributed by atoms with Crippen molar-refractivity contribution in [3.05, 3.63) is 46.1 Å². The first-order chi connectivity index (χ1) is 11.1. The van der Waals surface area contributed by atoms with Crippen molar-refractivity contribution in [3.8, 4) is 0 Å². The molecule has 5 nitrogen and oxygen atoms in total. The quantitative estimate of drug-likeness (QED) is 0.902. The molecule has 1 aliphatic heterocycles. The van der Waals surface area contributed by atoms with Crippen LogP contribution in [0.1, 0.15) is 29.8 Å². The zero-order valence-electron chi connectivity index (χ0n) is 12.4. The van der Waals surface area contributed by atoms with E-state index in [0.29, 0.717) is 27.2 Å². The van der Waals surface area contributed by atoms with E-state index in [1.54, 1.807) is 30.3 Å². The lowest BCUT2D eigenvalue weighted by molar-refractivity contribution is 0.0717. The number of hydrogen-bond donors (Lipinski definition) is 1. The number of nitrogens with one attached hydrogen (secondary N) is 1. The Morgan fingerprint density at radius 1 is 1.04 bits per heavy atom. The van der Waals surface area contributed by atoms with E-state index in [0.717, 1.165) is 25.9 Å². The SMILES string of the molecule is O=C(c1ccc(Nc2cccc(Cl)c2Cl)nn1)N1CCCCC1. The van der Waals surface area contributed by atoms with Gasteiger partial charge in [0.05, 0.1) is 15.7 Å². The van der Waals surface area contributed by atoms with Crippen molar-refractivity contribution < 1.29 is 4.79 Å². The van der Waals surface area contributed by atoms with Crippen LogP contribution in [0, 0.1) is 0 Å². The van der Waals surface area contributed by atoms with Gasteiger partial charge in [-0.05, 0) is 43.5 Å². The molecule has 1 aromatic carbocycles. The van der Waals surface area contributed by atoms with Crippen molar-refractivity contribution in [2.24, 2.45) is 0 Å². The number of benzene rings is 1. The fourth-order valence-electron chi connectivity index (χ4n) is 2.51. The first-order valence-electron chi connectivity index (χ1n) is 7.49. The van der Waals surface area contributed by atoms with E-state index >= 15 is 0 Å². The molecule has 0 saturated carbocycles. The number of likely N-dealkylation sites (tertiary alicyclic amines) is 1. The highest BCUT2D eigenvalue weighted by atomic mass is 35.5. The predicted molar refractivity (Wildman–Crippen MR) is 91.5 cm³/mol. The molecule has 2 aromatic rings. The molecule has 120 valence electrons. The second-order valence-electron chi connectivity index (χ2n) is 5.38. The van der Waals surface area contributed by atoms with Gasteiger partial charge in [-0.25, -0.2) is 0 Å². The van der Waals surface area contributed by atoms with E-state index in [4.69, 9.17) is 23.2 Å². The van der Waals surface area contributed by atoms with E-state index in [9.17, 15) is 4.79 Å². The second-order valence-corrected chi connectivity index (χ2v) is 6.17. The van der Waals surface area contributed by atoms with Gasteiger partial charge < -0.3 is 10.2 Å². The molecule has 2 heterocycles. The zero-order valence-corrected chi connectivity index (χ0v) is 13.9. The third kappa shape index (κ3) is 3.74. The summed E-state index contributed by atoms with van der Waals surface area (Å²) < 4.78 is 0. The maximum absolute atomic E-state index is 12.3. The number of amides is 1. The number of carbonyl (C=O) groups excluding carboxylic acids is 1. The normalized spacial score (nSPS) is 14.6. The fourth-order valence-corrected chi connectivity index (χ4v) is 2.86. The Morgan fingerprint density at radius 2 is 1.83 bits per heavy atom. The summed E-state index contributed by atoms with van der Waals surface area (Å²) >= 11 is 12.1. The van der Waals surface area contributed by atoms with Crippen LogP contribution in [-0.2, 0) is 0 Å². The summed E-state index contributed by atoms with van der Waals surface area (Å²) in [5, 5.41) is 12.0. The molecule has 0 bridgehead atoms. The summed E-state index contributed by atoms with van der Waals surface area (Å²) in [4.78, 5) is 14.2. The van der Waals surface area contributed by atoms with Crippen LogP contribution in [0.2, 0.25) is 10.0 Å². The van der Waals surface area contributed by atoms with Gasteiger partial charge in [-0.3, -0.25) is 4.79 Å². The lowest BCUT2D eigenvalue weighted by Gasteiger charge is -2.26. The maximum Gasteiger partial charge on any atom is 0.274 e. The highest BCUT2D eigenvalue weighted by molar-refractivity contribution is 6.43. The van der Waals surface area contributed by atoms with Crippen LogP contribution in [0.15, 0.2) is 30.3 Å². The summed E-state index contributed by atoms with van der Waals surface area (Å²) in [5.41, 5.74) is 0.998. The van der Waals surface area contributed by atoms with Crippen molar-refractivity contribution in [2.45, 2.75) is 19.3 Å². The first-order valence-corrected chi connectivity index (χ1v) is 8.25. The van der Waals surface area contributed by atoms with E-state index in [2.05, 4.69) is 15.5 Å². The van der Waals surface area contributed by atoms with Crippen LogP contribution in [0.25, 0.3) is 0 Å². The third-order valence-electron chi connectivity index (χ3n) is 3.74. The Kier molecular flexibility index (Phi) is 4.98. The summed E-state index contributed by atoms with van der Waals surface area (Å²) in [7, 11) is 0. The molecule has 0 unspecified atom stereocenters. The topological polar surface area (TPSA) is 58.1 Å². The van der Waals surface area contributed by atoms with Crippen molar-refractivity contribution in [2.75, 3.05) is 18.4 Å². The van der Waals surface area contributed by atoms with Crippen LogP contribution < -0.4 is 5.32 Å². The summed E-state index contributed by atoms with van der Waals surface area (Å²) in [5.74, 6) is 0.439. The van der Waals surface area contributed by atoms with Crippen molar-refractivity contribution in [1.82, 2.24) is 15.1 Å². The Balaban J connectivity index is 1.71. The van der Waals surface area contributed by atoms with Gasteiger partial charge >= 0.3 is 0 Å². The molecule has 1 N–H and O–H groups in total. The van der Waals surface area contributed by atoms with Crippen molar-refractivity contribution in [3.63, 3.8) is 0 Å². The van der Waals surface area contributed by atoms with Gasteiger partial charge in [0.2, 0.25) is 0 Å². The molecule has 1 fully saturated rings. The van der Waals surface area contributed by atoms with Crippen LogP contribution in [0.4, 0.5) is 11.5 Å². The first kappa shape index (κ1) is 16.0. The molecule has 23 heavy (non-hydrogen) atoms. The number of halogens is 2. The molecule has 0 radical (unpaired) electrons. The van der Waals surface area contributed by atoms with Gasteiger partial charge in [-0.15, -0.1) is 10.2 Å². The van der Waals surface area contributed by atoms with Gasteiger partial charge in [0, 0.05) is 13.1 Å². The number of hydrogen-bond acceptors (Lipinski definition) is 4. The zero-order chi connectivity index (χ0) is 16.2. The largest absolute Gasteiger partial charge is 0.337 e. The Bertz CT molecular complexity index is 700. The fraction of sp³-hybridized carbons (Fsp3) is 0.312. The lowest BCUT2D eigenvalue weighted by Crippen LogP contribution is -2.36. The minimum Gasteiger partial charge on any atom is -0.337 e. The Labute approximate surface area is 144 Å². The van der Waals surface area contributed by atoms with Crippen LogP contribution in [0.5, 0.6) is 0 Å². The molecule has 1 aromatic heterocycles. The number of aromatic nitrogens is 2. The molecule has 3 rings (SSSR count). The lowest BCUT2D eigenvalue weighted by atomic mass is 10.1. The molecular formula is C16H16Cl2N4O. The average Bonchev–Trinajstić information content (AvgIpc) is 2.60. The molecule has 1 saturated heterocycles.